The highest BCUT2D eigenvalue weighted by Gasteiger charge is 2.43. The maximum absolute atomic E-state index is 12.9. The minimum absolute atomic E-state index is 0.0116. The lowest BCUT2D eigenvalue weighted by Crippen LogP contribution is -2.54. The summed E-state index contributed by atoms with van der Waals surface area (Å²) < 4.78 is 1.53. The van der Waals surface area contributed by atoms with Crippen LogP contribution < -0.4 is 0 Å². The molecule has 2 aliphatic rings. The number of tetrazole rings is 1. The van der Waals surface area contributed by atoms with Crippen molar-refractivity contribution in [2.24, 2.45) is 5.92 Å². The van der Waals surface area contributed by atoms with Gasteiger partial charge in [-0.25, -0.2) is 4.68 Å². The number of carbonyl (C=O) groups excluding carboxylic acids is 1. The molecular formula is C17H21N5O2. The first-order valence-corrected chi connectivity index (χ1v) is 8.51. The molecule has 4 rings (SSSR count). The van der Waals surface area contributed by atoms with E-state index >= 15 is 0 Å². The molecule has 1 aliphatic heterocycles. The fraction of sp³-hybridized carbons (Fsp3) is 0.529. The maximum Gasteiger partial charge on any atom is 0.253 e. The normalized spacial score (nSPS) is 26.9. The summed E-state index contributed by atoms with van der Waals surface area (Å²) in [5, 5.41) is 21.9. The predicted octanol–water partition coefficient (Wildman–Crippen LogP) is 1.43. The molecule has 1 aliphatic carbocycles. The van der Waals surface area contributed by atoms with Crippen molar-refractivity contribution in [3.8, 4) is 5.69 Å². The Bertz CT molecular complexity index is 732. The van der Waals surface area contributed by atoms with Crippen LogP contribution in [0.3, 0.4) is 0 Å². The molecule has 126 valence electrons. The third kappa shape index (κ3) is 2.69. The van der Waals surface area contributed by atoms with E-state index in [1.807, 2.05) is 23.1 Å². The zero-order valence-corrected chi connectivity index (χ0v) is 13.5. The van der Waals surface area contributed by atoms with E-state index in [4.69, 9.17) is 0 Å². The highest BCUT2D eigenvalue weighted by Crippen LogP contribution is 2.40. The highest BCUT2D eigenvalue weighted by molar-refractivity contribution is 5.94. The first-order valence-electron chi connectivity index (χ1n) is 8.51. The molecule has 2 heterocycles. The number of benzene rings is 1. The van der Waals surface area contributed by atoms with Crippen LogP contribution in [0.1, 0.15) is 42.5 Å². The van der Waals surface area contributed by atoms with E-state index in [1.165, 1.54) is 11.0 Å². The molecule has 7 nitrogen and oxygen atoms in total. The summed E-state index contributed by atoms with van der Waals surface area (Å²) in [6, 6.07) is 7.33. The first-order chi connectivity index (χ1) is 11.7. The van der Waals surface area contributed by atoms with Gasteiger partial charge in [0.15, 0.2) is 0 Å². The molecule has 0 bridgehead atoms. The molecule has 2 unspecified atom stereocenters. The molecular weight excluding hydrogens is 306 g/mol. The number of amides is 1. The molecule has 2 aromatic rings. The molecule has 1 N–H and O–H groups in total. The van der Waals surface area contributed by atoms with Crippen molar-refractivity contribution in [1.82, 2.24) is 25.1 Å². The Morgan fingerprint density at radius 2 is 2.21 bits per heavy atom. The summed E-state index contributed by atoms with van der Waals surface area (Å²) in [5.41, 5.74) is 0.824. The number of aromatic nitrogens is 4. The van der Waals surface area contributed by atoms with Crippen LogP contribution in [0.2, 0.25) is 0 Å². The molecule has 2 atom stereocenters. The van der Waals surface area contributed by atoms with Crippen molar-refractivity contribution in [3.05, 3.63) is 36.2 Å². The minimum atomic E-state index is -0.566. The quantitative estimate of drug-likeness (QED) is 0.902. The Kier molecular flexibility index (Phi) is 3.80. The monoisotopic (exact) mass is 327 g/mol. The second kappa shape index (κ2) is 5.98. The van der Waals surface area contributed by atoms with Gasteiger partial charge in [-0.3, -0.25) is 4.79 Å². The lowest BCUT2D eigenvalue weighted by atomic mass is 9.71. The highest BCUT2D eigenvalue weighted by atomic mass is 16.3. The fourth-order valence-corrected chi connectivity index (χ4v) is 4.00. The van der Waals surface area contributed by atoms with E-state index in [1.54, 1.807) is 6.07 Å². The summed E-state index contributed by atoms with van der Waals surface area (Å²) in [6.45, 7) is 1.26. The Morgan fingerprint density at radius 3 is 3.04 bits per heavy atom. The molecule has 7 heteroatoms. The van der Waals surface area contributed by atoms with Gasteiger partial charge in [-0.1, -0.05) is 18.9 Å². The van der Waals surface area contributed by atoms with Gasteiger partial charge in [0.25, 0.3) is 5.91 Å². The van der Waals surface area contributed by atoms with Crippen LogP contribution >= 0.6 is 0 Å². The van der Waals surface area contributed by atoms with Gasteiger partial charge in [0.2, 0.25) is 0 Å². The van der Waals surface area contributed by atoms with Gasteiger partial charge < -0.3 is 10.0 Å². The standard InChI is InChI=1S/C17H21N5O2/c23-16(13-4-3-6-15(10-13)22-12-18-19-20-22)21-9-8-17(24)7-2-1-5-14(17)11-21/h3-4,6,10,12,14,24H,1-2,5,7-9,11H2. The van der Waals surface area contributed by atoms with E-state index in [-0.39, 0.29) is 11.8 Å². The van der Waals surface area contributed by atoms with Crippen molar-refractivity contribution in [2.45, 2.75) is 37.7 Å². The molecule has 1 amide bonds. The Labute approximate surface area is 140 Å². The third-order valence-electron chi connectivity index (χ3n) is 5.42. The average Bonchev–Trinajstić information content (AvgIpc) is 3.15. The molecule has 0 spiro atoms. The van der Waals surface area contributed by atoms with Crippen molar-refractivity contribution in [3.63, 3.8) is 0 Å². The third-order valence-corrected chi connectivity index (χ3v) is 5.42. The van der Waals surface area contributed by atoms with E-state index in [2.05, 4.69) is 15.5 Å². The Morgan fingerprint density at radius 1 is 1.29 bits per heavy atom. The van der Waals surface area contributed by atoms with Crippen LogP contribution in [0, 0.1) is 5.92 Å². The van der Waals surface area contributed by atoms with E-state index in [0.717, 1.165) is 31.4 Å². The van der Waals surface area contributed by atoms with Gasteiger partial charge in [0.05, 0.1) is 11.3 Å². The van der Waals surface area contributed by atoms with Crippen molar-refractivity contribution in [2.75, 3.05) is 13.1 Å². The van der Waals surface area contributed by atoms with E-state index in [0.29, 0.717) is 25.1 Å². The zero-order chi connectivity index (χ0) is 16.6. The van der Waals surface area contributed by atoms with Crippen molar-refractivity contribution < 1.29 is 9.90 Å². The number of carbonyl (C=O) groups is 1. The smallest absolute Gasteiger partial charge is 0.253 e. The molecule has 2 fully saturated rings. The topological polar surface area (TPSA) is 84.1 Å². The minimum Gasteiger partial charge on any atom is -0.389 e. The largest absolute Gasteiger partial charge is 0.389 e. The lowest BCUT2D eigenvalue weighted by Gasteiger charge is -2.47. The number of fused-ring (bicyclic) bond motifs is 1. The number of piperidine rings is 1. The maximum atomic E-state index is 12.9. The van der Waals surface area contributed by atoms with E-state index < -0.39 is 5.60 Å². The Balaban J connectivity index is 1.53. The summed E-state index contributed by atoms with van der Waals surface area (Å²) in [4.78, 5) is 14.8. The first kappa shape index (κ1) is 15.3. The number of aliphatic hydroxyl groups is 1. The molecule has 0 radical (unpaired) electrons. The predicted molar refractivity (Wildman–Crippen MR) is 86.6 cm³/mol. The van der Waals surface area contributed by atoms with Crippen LogP contribution in [-0.2, 0) is 0 Å². The van der Waals surface area contributed by atoms with Crippen LogP contribution in [0.25, 0.3) is 5.69 Å². The summed E-state index contributed by atoms with van der Waals surface area (Å²) in [6.07, 6.45) is 6.29. The zero-order valence-electron chi connectivity index (χ0n) is 13.5. The second-order valence-corrected chi connectivity index (χ2v) is 6.85. The van der Waals surface area contributed by atoms with Crippen LogP contribution in [0.5, 0.6) is 0 Å². The Hall–Kier alpha value is -2.28. The SMILES string of the molecule is O=C(c1cccc(-n2cnnn2)c1)N1CCC2(O)CCCCC2C1. The number of likely N-dealkylation sites (tertiary alicyclic amines) is 1. The number of rotatable bonds is 2. The van der Waals surface area contributed by atoms with Crippen molar-refractivity contribution >= 4 is 5.91 Å². The van der Waals surface area contributed by atoms with Crippen LogP contribution in [-0.4, -0.2) is 54.8 Å². The summed E-state index contributed by atoms with van der Waals surface area (Å²) in [5.74, 6) is 0.212. The molecule has 1 aromatic carbocycles. The van der Waals surface area contributed by atoms with Crippen LogP contribution in [0.4, 0.5) is 0 Å². The molecule has 24 heavy (non-hydrogen) atoms. The lowest BCUT2D eigenvalue weighted by molar-refractivity contribution is -0.0886. The van der Waals surface area contributed by atoms with E-state index in [9.17, 15) is 9.90 Å². The van der Waals surface area contributed by atoms with Gasteiger partial charge in [-0.05, 0) is 47.9 Å². The second-order valence-electron chi connectivity index (χ2n) is 6.85. The van der Waals surface area contributed by atoms with Crippen molar-refractivity contribution in [1.29, 1.82) is 0 Å². The summed E-state index contributed by atoms with van der Waals surface area (Å²) in [7, 11) is 0. The van der Waals surface area contributed by atoms with Gasteiger partial charge in [0.1, 0.15) is 6.33 Å². The van der Waals surface area contributed by atoms with Crippen LogP contribution in [0.15, 0.2) is 30.6 Å². The number of nitrogens with zero attached hydrogens (tertiary/aromatic N) is 5. The van der Waals surface area contributed by atoms with Gasteiger partial charge in [-0.2, -0.15) is 0 Å². The molecule has 1 saturated heterocycles. The van der Waals surface area contributed by atoms with Gasteiger partial charge >= 0.3 is 0 Å². The van der Waals surface area contributed by atoms with Gasteiger partial charge in [-0.15, -0.1) is 5.10 Å². The fourth-order valence-electron chi connectivity index (χ4n) is 4.00. The summed E-state index contributed by atoms with van der Waals surface area (Å²) >= 11 is 0. The molecule has 1 saturated carbocycles. The molecule has 1 aromatic heterocycles. The van der Waals surface area contributed by atoms with Gasteiger partial charge in [0, 0.05) is 24.6 Å². The average molecular weight is 327 g/mol. The number of hydrogen-bond donors (Lipinski definition) is 1. The number of hydrogen-bond acceptors (Lipinski definition) is 5.